The van der Waals surface area contributed by atoms with Crippen LogP contribution in [0.3, 0.4) is 0 Å². The number of pyridine rings is 1. The van der Waals surface area contributed by atoms with E-state index in [1.165, 1.54) is 0 Å². The minimum absolute atomic E-state index is 0.210. The lowest BCUT2D eigenvalue weighted by molar-refractivity contribution is -0.137. The van der Waals surface area contributed by atoms with E-state index < -0.39 is 23.4 Å². The SMILES string of the molecule is O=C(O)c1ncc(C(F)(F)F)cc1Nc1ccccc1. The molecule has 0 radical (unpaired) electrons. The summed E-state index contributed by atoms with van der Waals surface area (Å²) in [6.07, 6.45) is -4.09. The summed E-state index contributed by atoms with van der Waals surface area (Å²) in [5.41, 5.74) is -1.22. The Hall–Kier alpha value is -2.57. The molecule has 2 N–H and O–H groups in total. The average molecular weight is 282 g/mol. The third kappa shape index (κ3) is 3.05. The van der Waals surface area contributed by atoms with E-state index in [9.17, 15) is 18.0 Å². The predicted octanol–water partition coefficient (Wildman–Crippen LogP) is 3.54. The summed E-state index contributed by atoms with van der Waals surface area (Å²) in [6, 6.07) is 9.00. The van der Waals surface area contributed by atoms with Crippen molar-refractivity contribution in [1.29, 1.82) is 0 Å². The quantitative estimate of drug-likeness (QED) is 0.903. The van der Waals surface area contributed by atoms with Crippen LogP contribution >= 0.6 is 0 Å². The number of nitrogens with one attached hydrogen (secondary N) is 1. The lowest BCUT2D eigenvalue weighted by Gasteiger charge is -2.12. The molecule has 1 heterocycles. The summed E-state index contributed by atoms with van der Waals surface area (Å²) in [6.45, 7) is 0. The molecule has 0 saturated heterocycles. The number of hydrogen-bond donors (Lipinski definition) is 2. The summed E-state index contributed by atoms with van der Waals surface area (Å²) in [4.78, 5) is 14.3. The summed E-state index contributed by atoms with van der Waals surface area (Å²) < 4.78 is 37.9. The van der Waals surface area contributed by atoms with Gasteiger partial charge in [-0.1, -0.05) is 18.2 Å². The molecular weight excluding hydrogens is 273 g/mol. The fourth-order valence-electron chi connectivity index (χ4n) is 1.56. The van der Waals surface area contributed by atoms with Gasteiger partial charge in [0.2, 0.25) is 0 Å². The van der Waals surface area contributed by atoms with Crippen molar-refractivity contribution in [3.05, 3.63) is 53.9 Å². The van der Waals surface area contributed by atoms with E-state index in [-0.39, 0.29) is 5.69 Å². The van der Waals surface area contributed by atoms with Crippen LogP contribution in [0, 0.1) is 0 Å². The Morgan fingerprint density at radius 3 is 2.40 bits per heavy atom. The van der Waals surface area contributed by atoms with Gasteiger partial charge in [0.25, 0.3) is 0 Å². The van der Waals surface area contributed by atoms with E-state index in [1.54, 1.807) is 30.3 Å². The number of carboxylic acids is 1. The third-order valence-corrected chi connectivity index (χ3v) is 2.47. The molecule has 0 aliphatic carbocycles. The van der Waals surface area contributed by atoms with Crippen LogP contribution in [0.1, 0.15) is 16.1 Å². The number of para-hydroxylation sites is 1. The van der Waals surface area contributed by atoms with Crippen LogP contribution in [0.4, 0.5) is 24.5 Å². The molecule has 0 amide bonds. The molecule has 2 rings (SSSR count). The molecule has 0 saturated carbocycles. The molecular formula is C13H9F3N2O2. The van der Waals surface area contributed by atoms with Gasteiger partial charge in [0.05, 0.1) is 11.3 Å². The van der Waals surface area contributed by atoms with Crippen LogP contribution in [0.5, 0.6) is 0 Å². The Balaban J connectivity index is 2.45. The number of nitrogens with zero attached hydrogens (tertiary/aromatic N) is 1. The Morgan fingerprint density at radius 2 is 1.85 bits per heavy atom. The molecule has 0 fully saturated rings. The van der Waals surface area contributed by atoms with Crippen LogP contribution in [-0.4, -0.2) is 16.1 Å². The Labute approximate surface area is 111 Å². The summed E-state index contributed by atoms with van der Waals surface area (Å²) in [5.74, 6) is -1.41. The third-order valence-electron chi connectivity index (χ3n) is 2.47. The first-order chi connectivity index (χ1) is 9.38. The second kappa shape index (κ2) is 5.20. The number of halogens is 3. The van der Waals surface area contributed by atoms with Crippen molar-refractivity contribution in [3.8, 4) is 0 Å². The second-order valence-corrected chi connectivity index (χ2v) is 3.91. The van der Waals surface area contributed by atoms with Crippen molar-refractivity contribution in [1.82, 2.24) is 4.98 Å². The smallest absolute Gasteiger partial charge is 0.417 e. The van der Waals surface area contributed by atoms with E-state index in [1.807, 2.05) is 0 Å². The minimum atomic E-state index is -4.59. The van der Waals surface area contributed by atoms with Gasteiger partial charge < -0.3 is 10.4 Å². The maximum Gasteiger partial charge on any atom is 0.417 e. The average Bonchev–Trinajstić information content (AvgIpc) is 2.38. The zero-order valence-electron chi connectivity index (χ0n) is 9.98. The van der Waals surface area contributed by atoms with E-state index in [0.29, 0.717) is 11.9 Å². The first-order valence-corrected chi connectivity index (χ1v) is 5.50. The van der Waals surface area contributed by atoms with Gasteiger partial charge in [-0.25, -0.2) is 9.78 Å². The topological polar surface area (TPSA) is 62.2 Å². The van der Waals surface area contributed by atoms with E-state index in [0.717, 1.165) is 6.07 Å². The highest BCUT2D eigenvalue weighted by Gasteiger charge is 2.32. The lowest BCUT2D eigenvalue weighted by atomic mass is 10.2. The lowest BCUT2D eigenvalue weighted by Crippen LogP contribution is -2.11. The molecule has 1 aromatic carbocycles. The number of aromatic carboxylic acids is 1. The largest absolute Gasteiger partial charge is 0.476 e. The molecule has 4 nitrogen and oxygen atoms in total. The van der Waals surface area contributed by atoms with Gasteiger partial charge in [-0.15, -0.1) is 0 Å². The number of rotatable bonds is 3. The molecule has 0 aliphatic heterocycles. The molecule has 0 aliphatic rings. The molecule has 7 heteroatoms. The number of aromatic nitrogens is 1. The first kappa shape index (κ1) is 13.9. The maximum atomic E-state index is 12.6. The van der Waals surface area contributed by atoms with Crippen molar-refractivity contribution in [2.75, 3.05) is 5.32 Å². The van der Waals surface area contributed by atoms with Crippen LogP contribution in [0.15, 0.2) is 42.6 Å². The monoisotopic (exact) mass is 282 g/mol. The van der Waals surface area contributed by atoms with Crippen LogP contribution in [-0.2, 0) is 6.18 Å². The number of hydrogen-bond acceptors (Lipinski definition) is 3. The number of anilines is 2. The zero-order valence-corrected chi connectivity index (χ0v) is 9.98. The van der Waals surface area contributed by atoms with Crippen molar-refractivity contribution in [2.45, 2.75) is 6.18 Å². The Bertz CT molecular complexity index is 627. The number of alkyl halides is 3. The van der Waals surface area contributed by atoms with Crippen molar-refractivity contribution in [3.63, 3.8) is 0 Å². The van der Waals surface area contributed by atoms with E-state index >= 15 is 0 Å². The second-order valence-electron chi connectivity index (χ2n) is 3.91. The zero-order chi connectivity index (χ0) is 14.8. The van der Waals surface area contributed by atoms with Crippen molar-refractivity contribution < 1.29 is 23.1 Å². The standard InChI is InChI=1S/C13H9F3N2O2/c14-13(15,16)8-6-10(11(12(19)20)17-7-8)18-9-4-2-1-3-5-9/h1-7,18H,(H,19,20). The van der Waals surface area contributed by atoms with Gasteiger partial charge in [0, 0.05) is 11.9 Å². The molecule has 104 valence electrons. The highest BCUT2D eigenvalue weighted by molar-refractivity contribution is 5.93. The van der Waals surface area contributed by atoms with Gasteiger partial charge in [-0.3, -0.25) is 0 Å². The number of benzene rings is 1. The minimum Gasteiger partial charge on any atom is -0.476 e. The van der Waals surface area contributed by atoms with Crippen LogP contribution in [0.2, 0.25) is 0 Å². The fourth-order valence-corrected chi connectivity index (χ4v) is 1.56. The summed E-state index contributed by atoms with van der Waals surface area (Å²) in [5, 5.41) is 11.6. The van der Waals surface area contributed by atoms with E-state index in [4.69, 9.17) is 5.11 Å². The Kier molecular flexibility index (Phi) is 3.60. The molecule has 0 spiro atoms. The van der Waals surface area contributed by atoms with Gasteiger partial charge in [-0.2, -0.15) is 13.2 Å². The van der Waals surface area contributed by atoms with Crippen molar-refractivity contribution in [2.24, 2.45) is 0 Å². The highest BCUT2D eigenvalue weighted by Crippen LogP contribution is 2.32. The molecule has 0 unspecified atom stereocenters. The number of carbonyl (C=O) groups is 1. The van der Waals surface area contributed by atoms with Crippen LogP contribution < -0.4 is 5.32 Å². The van der Waals surface area contributed by atoms with Gasteiger partial charge in [0.15, 0.2) is 5.69 Å². The summed E-state index contributed by atoms with van der Waals surface area (Å²) >= 11 is 0. The highest BCUT2D eigenvalue weighted by atomic mass is 19.4. The number of carboxylic acid groups (broad SMARTS) is 1. The molecule has 0 atom stereocenters. The van der Waals surface area contributed by atoms with Gasteiger partial charge >= 0.3 is 12.1 Å². The predicted molar refractivity (Wildman–Crippen MR) is 65.9 cm³/mol. The Morgan fingerprint density at radius 1 is 1.20 bits per heavy atom. The molecule has 20 heavy (non-hydrogen) atoms. The normalized spacial score (nSPS) is 11.2. The molecule has 2 aromatic rings. The van der Waals surface area contributed by atoms with Gasteiger partial charge in [0.1, 0.15) is 0 Å². The maximum absolute atomic E-state index is 12.6. The molecule has 1 aromatic heterocycles. The molecule has 0 bridgehead atoms. The van der Waals surface area contributed by atoms with E-state index in [2.05, 4.69) is 10.3 Å². The summed E-state index contributed by atoms with van der Waals surface area (Å²) in [7, 11) is 0. The van der Waals surface area contributed by atoms with Crippen molar-refractivity contribution >= 4 is 17.3 Å². The fraction of sp³-hybridized carbons (Fsp3) is 0.0769. The first-order valence-electron chi connectivity index (χ1n) is 5.50. The van der Waals surface area contributed by atoms with Gasteiger partial charge in [-0.05, 0) is 18.2 Å². The van der Waals surface area contributed by atoms with Crippen LogP contribution in [0.25, 0.3) is 0 Å².